The number of carbonyl (C=O) groups is 1. The molecule has 0 aliphatic heterocycles. The maximum atomic E-state index is 12.6. The van der Waals surface area contributed by atoms with E-state index in [1.807, 2.05) is 55.5 Å². The van der Waals surface area contributed by atoms with Crippen LogP contribution in [0.15, 0.2) is 58.2 Å². The Morgan fingerprint density at radius 3 is 2.38 bits per heavy atom. The Balaban J connectivity index is 1.74. The van der Waals surface area contributed by atoms with Crippen LogP contribution < -0.4 is 0 Å². The zero-order chi connectivity index (χ0) is 17.3. The van der Waals surface area contributed by atoms with Gasteiger partial charge in [0.25, 0.3) is 5.22 Å². The number of Topliss-reactive ketones (excluding diaryl/α,β-unsaturated/α-hetero) is 1. The summed E-state index contributed by atoms with van der Waals surface area (Å²) < 4.78 is 5.69. The number of fused-ring (bicyclic) bond motifs is 1. The number of thioether (sulfide) groups is 1. The number of carbonyl (C=O) groups excluding carboxylic acids is 1. The van der Waals surface area contributed by atoms with E-state index in [9.17, 15) is 4.79 Å². The number of nitrogens with zero attached hydrogens (tertiary/aromatic N) is 1. The highest BCUT2D eigenvalue weighted by molar-refractivity contribution is 8.00. The van der Waals surface area contributed by atoms with Crippen LogP contribution in [0.4, 0.5) is 0 Å². The van der Waals surface area contributed by atoms with E-state index in [0.717, 1.165) is 16.7 Å². The third-order valence-electron chi connectivity index (χ3n) is 3.96. The van der Waals surface area contributed by atoms with Gasteiger partial charge in [-0.1, -0.05) is 68.9 Å². The molecule has 0 amide bonds. The fourth-order valence-electron chi connectivity index (χ4n) is 2.48. The van der Waals surface area contributed by atoms with E-state index in [1.54, 1.807) is 0 Å². The zero-order valence-electron chi connectivity index (χ0n) is 14.4. The smallest absolute Gasteiger partial charge is 0.257 e. The van der Waals surface area contributed by atoms with Crippen LogP contribution in [-0.4, -0.2) is 16.0 Å². The molecule has 1 atom stereocenters. The summed E-state index contributed by atoms with van der Waals surface area (Å²) in [4.78, 5) is 17.1. The summed E-state index contributed by atoms with van der Waals surface area (Å²) in [7, 11) is 0. The summed E-state index contributed by atoms with van der Waals surface area (Å²) in [5, 5.41) is 0.280. The van der Waals surface area contributed by atoms with Crippen LogP contribution in [0.1, 0.15) is 43.6 Å². The average Bonchev–Trinajstić information content (AvgIpc) is 2.95. The molecular weight excluding hydrogens is 318 g/mol. The Morgan fingerprint density at radius 2 is 1.75 bits per heavy atom. The van der Waals surface area contributed by atoms with Crippen molar-refractivity contribution < 1.29 is 9.21 Å². The third kappa shape index (κ3) is 3.54. The molecule has 4 heteroatoms. The lowest BCUT2D eigenvalue weighted by Crippen LogP contribution is -2.15. The molecule has 1 unspecified atom stereocenters. The average molecular weight is 339 g/mol. The maximum absolute atomic E-state index is 12.6. The van der Waals surface area contributed by atoms with Crippen LogP contribution >= 0.6 is 11.8 Å². The predicted molar refractivity (Wildman–Crippen MR) is 98.8 cm³/mol. The molecule has 0 fully saturated rings. The van der Waals surface area contributed by atoms with Crippen molar-refractivity contribution in [3.63, 3.8) is 0 Å². The molecular formula is C20H21NO2S. The highest BCUT2D eigenvalue weighted by Gasteiger charge is 2.20. The van der Waals surface area contributed by atoms with E-state index in [1.165, 1.54) is 17.3 Å². The third-order valence-corrected chi connectivity index (χ3v) is 4.90. The molecule has 1 aromatic heterocycles. The Bertz CT molecular complexity index is 826. The van der Waals surface area contributed by atoms with Crippen molar-refractivity contribution in [2.45, 2.75) is 43.6 Å². The number of para-hydroxylation sites is 2. The van der Waals surface area contributed by atoms with Gasteiger partial charge in [0.2, 0.25) is 0 Å². The molecule has 24 heavy (non-hydrogen) atoms. The molecule has 2 aromatic carbocycles. The molecule has 3 aromatic rings. The monoisotopic (exact) mass is 339 g/mol. The molecule has 3 nitrogen and oxygen atoms in total. The molecule has 0 aliphatic rings. The first kappa shape index (κ1) is 16.8. The minimum atomic E-state index is -0.251. The van der Waals surface area contributed by atoms with Gasteiger partial charge in [0.15, 0.2) is 11.4 Å². The summed E-state index contributed by atoms with van der Waals surface area (Å²) in [6.07, 6.45) is 0. The number of aromatic nitrogens is 1. The molecule has 0 saturated carbocycles. The van der Waals surface area contributed by atoms with Crippen LogP contribution in [0, 0.1) is 0 Å². The zero-order valence-corrected chi connectivity index (χ0v) is 15.2. The number of benzene rings is 2. The van der Waals surface area contributed by atoms with Gasteiger partial charge in [-0.05, 0) is 30.0 Å². The Labute approximate surface area is 146 Å². The van der Waals surface area contributed by atoms with E-state index in [-0.39, 0.29) is 16.4 Å². The molecule has 1 heterocycles. The van der Waals surface area contributed by atoms with Crippen LogP contribution in [-0.2, 0) is 5.41 Å². The first-order chi connectivity index (χ1) is 11.3. The maximum Gasteiger partial charge on any atom is 0.257 e. The van der Waals surface area contributed by atoms with E-state index in [2.05, 4.69) is 25.8 Å². The molecule has 3 rings (SSSR count). The largest absolute Gasteiger partial charge is 0.431 e. The predicted octanol–water partition coefficient (Wildman–Crippen LogP) is 5.49. The second-order valence-corrected chi connectivity index (χ2v) is 8.19. The second kappa shape index (κ2) is 6.44. The van der Waals surface area contributed by atoms with E-state index >= 15 is 0 Å². The summed E-state index contributed by atoms with van der Waals surface area (Å²) in [5.41, 5.74) is 3.58. The number of hydrogen-bond acceptors (Lipinski definition) is 4. The van der Waals surface area contributed by atoms with Crippen LogP contribution in [0.5, 0.6) is 0 Å². The van der Waals surface area contributed by atoms with E-state index in [4.69, 9.17) is 4.42 Å². The van der Waals surface area contributed by atoms with Gasteiger partial charge in [0, 0.05) is 5.56 Å². The first-order valence-electron chi connectivity index (χ1n) is 8.01. The van der Waals surface area contributed by atoms with Gasteiger partial charge >= 0.3 is 0 Å². The van der Waals surface area contributed by atoms with Gasteiger partial charge in [0.1, 0.15) is 5.52 Å². The van der Waals surface area contributed by atoms with Crippen molar-refractivity contribution in [3.05, 3.63) is 59.7 Å². The lowest BCUT2D eigenvalue weighted by atomic mass is 9.86. The quantitative estimate of drug-likeness (QED) is 0.466. The van der Waals surface area contributed by atoms with Crippen LogP contribution in [0.25, 0.3) is 11.1 Å². The van der Waals surface area contributed by atoms with Gasteiger partial charge in [-0.15, -0.1) is 0 Å². The molecule has 124 valence electrons. The van der Waals surface area contributed by atoms with Crippen LogP contribution in [0.2, 0.25) is 0 Å². The minimum Gasteiger partial charge on any atom is -0.431 e. The fraction of sp³-hybridized carbons (Fsp3) is 0.300. The van der Waals surface area contributed by atoms with Crippen molar-refractivity contribution in [2.75, 3.05) is 0 Å². The van der Waals surface area contributed by atoms with Gasteiger partial charge in [-0.3, -0.25) is 4.79 Å². The topological polar surface area (TPSA) is 43.1 Å². The molecule has 0 saturated heterocycles. The number of oxazole rings is 1. The van der Waals surface area contributed by atoms with Gasteiger partial charge in [-0.25, -0.2) is 4.98 Å². The van der Waals surface area contributed by atoms with Gasteiger partial charge in [-0.2, -0.15) is 0 Å². The van der Waals surface area contributed by atoms with Crippen molar-refractivity contribution in [3.8, 4) is 0 Å². The second-order valence-electron chi connectivity index (χ2n) is 6.90. The fourth-order valence-corrected chi connectivity index (χ4v) is 3.31. The SMILES string of the molecule is CC(Sc1nc2ccccc2o1)C(=O)c1ccc(C(C)(C)C)cc1. The lowest BCUT2D eigenvalue weighted by Gasteiger charge is -2.19. The summed E-state index contributed by atoms with van der Waals surface area (Å²) in [5.74, 6) is 0.0858. The first-order valence-corrected chi connectivity index (χ1v) is 8.89. The molecule has 0 N–H and O–H groups in total. The summed E-state index contributed by atoms with van der Waals surface area (Å²) in [6.45, 7) is 8.38. The van der Waals surface area contributed by atoms with Gasteiger partial charge < -0.3 is 4.42 Å². The normalized spacial score (nSPS) is 13.2. The highest BCUT2D eigenvalue weighted by Crippen LogP contribution is 2.29. The van der Waals surface area contributed by atoms with Crippen molar-refractivity contribution in [1.82, 2.24) is 4.98 Å². The lowest BCUT2D eigenvalue weighted by molar-refractivity contribution is 0.0993. The summed E-state index contributed by atoms with van der Waals surface area (Å²) in [6, 6.07) is 15.5. The summed E-state index contributed by atoms with van der Waals surface area (Å²) >= 11 is 1.35. The standard InChI is InChI=1S/C20H21NO2S/c1-13(24-19-21-16-7-5-6-8-17(16)23-19)18(22)14-9-11-15(12-10-14)20(2,3)4/h5-13H,1-4H3. The Kier molecular flexibility index (Phi) is 4.50. The Hall–Kier alpha value is -2.07. The number of ketones is 1. The Morgan fingerprint density at radius 1 is 1.08 bits per heavy atom. The molecule has 0 spiro atoms. The van der Waals surface area contributed by atoms with Crippen molar-refractivity contribution >= 4 is 28.6 Å². The van der Waals surface area contributed by atoms with Crippen molar-refractivity contribution in [1.29, 1.82) is 0 Å². The molecule has 0 aliphatic carbocycles. The molecule has 0 bridgehead atoms. The van der Waals surface area contributed by atoms with Crippen LogP contribution in [0.3, 0.4) is 0 Å². The molecule has 0 radical (unpaired) electrons. The van der Waals surface area contributed by atoms with E-state index in [0.29, 0.717) is 5.22 Å². The number of hydrogen-bond donors (Lipinski definition) is 0. The number of rotatable bonds is 4. The van der Waals surface area contributed by atoms with E-state index < -0.39 is 0 Å². The van der Waals surface area contributed by atoms with Crippen molar-refractivity contribution in [2.24, 2.45) is 0 Å². The minimum absolute atomic E-state index is 0.0835. The highest BCUT2D eigenvalue weighted by atomic mass is 32.2. The van der Waals surface area contributed by atoms with Gasteiger partial charge in [0.05, 0.1) is 5.25 Å².